The number of carbonyl (C=O) groups excluding carboxylic acids is 1. The minimum atomic E-state index is -0.374. The Morgan fingerprint density at radius 1 is 1.20 bits per heavy atom. The van der Waals surface area contributed by atoms with E-state index in [1.165, 1.54) is 12.1 Å². The van der Waals surface area contributed by atoms with Gasteiger partial charge in [0.1, 0.15) is 23.5 Å². The number of nitrogens with one attached hydrogen (secondary N) is 1. The normalized spacial score (nSPS) is 10.7. The van der Waals surface area contributed by atoms with E-state index in [2.05, 4.69) is 21.6 Å². The average molecular weight is 492 g/mol. The van der Waals surface area contributed by atoms with E-state index in [1.807, 2.05) is 38.1 Å². The summed E-state index contributed by atoms with van der Waals surface area (Å²) < 4.78 is 26.5. The SMILES string of the molecule is CCOc1ccccc1-c1nnc(SCC(=O)Nc2c(C#N)c(C)c(C)n2-c2ccc(F)cc2)o1. The lowest BCUT2D eigenvalue weighted by atomic mass is 10.2. The highest BCUT2D eigenvalue weighted by molar-refractivity contribution is 7.99. The lowest BCUT2D eigenvalue weighted by Crippen LogP contribution is -2.17. The standard InChI is InChI=1S/C25H22FN5O3S/c1-4-33-21-8-6-5-7-19(21)24-29-30-25(34-24)35-14-22(32)28-23-20(13-27)15(2)16(3)31(23)18-11-9-17(26)10-12-18/h5-12H,4,14H2,1-3H3,(H,28,32). The van der Waals surface area contributed by atoms with Gasteiger partial charge in [0.05, 0.1) is 23.5 Å². The third kappa shape index (κ3) is 5.05. The molecule has 4 aromatic rings. The van der Waals surface area contributed by atoms with Gasteiger partial charge in [-0.15, -0.1) is 10.2 Å². The molecule has 0 fully saturated rings. The van der Waals surface area contributed by atoms with Crippen LogP contribution in [0.15, 0.2) is 58.2 Å². The number of thioether (sulfide) groups is 1. The predicted molar refractivity (Wildman–Crippen MR) is 130 cm³/mol. The summed E-state index contributed by atoms with van der Waals surface area (Å²) in [5.74, 6) is 0.496. The molecule has 1 N–H and O–H groups in total. The van der Waals surface area contributed by atoms with Gasteiger partial charge < -0.3 is 14.5 Å². The zero-order valence-corrected chi connectivity index (χ0v) is 20.1. The van der Waals surface area contributed by atoms with Gasteiger partial charge in [-0.1, -0.05) is 23.9 Å². The summed E-state index contributed by atoms with van der Waals surface area (Å²) in [6, 6.07) is 15.3. The molecule has 0 aliphatic heterocycles. The van der Waals surface area contributed by atoms with Crippen LogP contribution in [0.5, 0.6) is 5.75 Å². The van der Waals surface area contributed by atoms with Crippen molar-refractivity contribution < 1.29 is 18.3 Å². The van der Waals surface area contributed by atoms with Crippen molar-refractivity contribution in [1.82, 2.24) is 14.8 Å². The quantitative estimate of drug-likeness (QED) is 0.334. The molecule has 2 aromatic heterocycles. The Kier molecular flexibility index (Phi) is 7.17. The fraction of sp³-hybridized carbons (Fsp3) is 0.200. The van der Waals surface area contributed by atoms with Crippen LogP contribution in [0.25, 0.3) is 17.1 Å². The van der Waals surface area contributed by atoms with Crippen molar-refractivity contribution in [2.75, 3.05) is 17.7 Å². The number of carbonyl (C=O) groups is 1. The fourth-order valence-corrected chi connectivity index (χ4v) is 4.13. The molecule has 0 saturated carbocycles. The summed E-state index contributed by atoms with van der Waals surface area (Å²) in [4.78, 5) is 12.8. The summed E-state index contributed by atoms with van der Waals surface area (Å²) in [5, 5.41) is 20.8. The first kappa shape index (κ1) is 24.0. The van der Waals surface area contributed by atoms with E-state index < -0.39 is 0 Å². The molecule has 0 aliphatic rings. The number of hydrogen-bond donors (Lipinski definition) is 1. The van der Waals surface area contributed by atoms with E-state index in [0.717, 1.165) is 23.0 Å². The summed E-state index contributed by atoms with van der Waals surface area (Å²) in [6.07, 6.45) is 0. The van der Waals surface area contributed by atoms with Crippen LogP contribution in [-0.4, -0.2) is 33.0 Å². The van der Waals surface area contributed by atoms with E-state index in [0.29, 0.717) is 40.9 Å². The van der Waals surface area contributed by atoms with Gasteiger partial charge in [0, 0.05) is 11.4 Å². The Bertz CT molecular complexity index is 1410. The second kappa shape index (κ2) is 10.4. The van der Waals surface area contributed by atoms with Crippen molar-refractivity contribution in [3.05, 3.63) is 71.2 Å². The highest BCUT2D eigenvalue weighted by Gasteiger charge is 2.21. The summed E-state index contributed by atoms with van der Waals surface area (Å²) >= 11 is 1.08. The highest BCUT2D eigenvalue weighted by Crippen LogP contribution is 2.32. The van der Waals surface area contributed by atoms with Crippen molar-refractivity contribution in [1.29, 1.82) is 5.26 Å². The van der Waals surface area contributed by atoms with Crippen LogP contribution in [0, 0.1) is 31.0 Å². The molecule has 0 atom stereocenters. The van der Waals surface area contributed by atoms with Crippen molar-refractivity contribution in [2.45, 2.75) is 26.0 Å². The Hall–Kier alpha value is -4.10. The van der Waals surface area contributed by atoms with Crippen LogP contribution in [0.4, 0.5) is 10.2 Å². The molecule has 35 heavy (non-hydrogen) atoms. The molecule has 178 valence electrons. The molecule has 1 amide bonds. The monoisotopic (exact) mass is 491 g/mol. The number of para-hydroxylation sites is 1. The van der Waals surface area contributed by atoms with E-state index in [4.69, 9.17) is 9.15 Å². The first-order valence-corrected chi connectivity index (χ1v) is 11.8. The number of nitriles is 1. The maximum atomic E-state index is 13.4. The third-order valence-corrected chi connectivity index (χ3v) is 6.14. The van der Waals surface area contributed by atoms with Gasteiger partial charge in [-0.25, -0.2) is 4.39 Å². The first-order valence-electron chi connectivity index (χ1n) is 10.8. The topological polar surface area (TPSA) is 106 Å². The highest BCUT2D eigenvalue weighted by atomic mass is 32.2. The van der Waals surface area contributed by atoms with Gasteiger partial charge in [0.25, 0.3) is 11.1 Å². The number of nitrogens with zero attached hydrogens (tertiary/aromatic N) is 4. The van der Waals surface area contributed by atoms with E-state index >= 15 is 0 Å². The maximum Gasteiger partial charge on any atom is 0.277 e. The summed E-state index contributed by atoms with van der Waals surface area (Å²) in [5.41, 5.74) is 3.14. The number of aromatic nitrogens is 3. The number of benzene rings is 2. The lowest BCUT2D eigenvalue weighted by Gasteiger charge is -2.13. The smallest absolute Gasteiger partial charge is 0.277 e. The second-order valence-electron chi connectivity index (χ2n) is 7.50. The van der Waals surface area contributed by atoms with Gasteiger partial charge >= 0.3 is 0 Å². The Morgan fingerprint density at radius 3 is 2.66 bits per heavy atom. The molecule has 10 heteroatoms. The number of rotatable bonds is 8. The molecule has 0 aliphatic carbocycles. The first-order chi connectivity index (χ1) is 16.9. The number of hydrogen-bond acceptors (Lipinski definition) is 7. The zero-order valence-electron chi connectivity index (χ0n) is 19.3. The van der Waals surface area contributed by atoms with Gasteiger partial charge in [0.15, 0.2) is 0 Å². The van der Waals surface area contributed by atoms with Gasteiger partial charge in [-0.05, 0) is 62.7 Å². The average Bonchev–Trinajstić information content (AvgIpc) is 3.42. The summed E-state index contributed by atoms with van der Waals surface area (Å²) in [6.45, 7) is 6.02. The Morgan fingerprint density at radius 2 is 1.94 bits per heavy atom. The molecule has 0 spiro atoms. The van der Waals surface area contributed by atoms with Crippen LogP contribution < -0.4 is 10.1 Å². The summed E-state index contributed by atoms with van der Waals surface area (Å²) in [7, 11) is 0. The van der Waals surface area contributed by atoms with Crippen LogP contribution >= 0.6 is 11.8 Å². The Balaban J connectivity index is 1.51. The van der Waals surface area contributed by atoms with Crippen LogP contribution in [0.3, 0.4) is 0 Å². The third-order valence-electron chi connectivity index (χ3n) is 5.32. The zero-order chi connectivity index (χ0) is 24.9. The number of halogens is 1. The van der Waals surface area contributed by atoms with E-state index in [1.54, 1.807) is 23.6 Å². The lowest BCUT2D eigenvalue weighted by molar-refractivity contribution is -0.113. The molecule has 2 heterocycles. The second-order valence-corrected chi connectivity index (χ2v) is 8.42. The molecule has 2 aromatic carbocycles. The molecular weight excluding hydrogens is 469 g/mol. The number of anilines is 1. The minimum absolute atomic E-state index is 0.0215. The van der Waals surface area contributed by atoms with Gasteiger partial charge in [-0.3, -0.25) is 9.36 Å². The van der Waals surface area contributed by atoms with Crippen molar-refractivity contribution in [2.24, 2.45) is 0 Å². The number of amides is 1. The maximum absolute atomic E-state index is 13.4. The minimum Gasteiger partial charge on any atom is -0.493 e. The molecule has 4 rings (SSSR count). The van der Waals surface area contributed by atoms with E-state index in [-0.39, 0.29) is 22.7 Å². The van der Waals surface area contributed by atoms with Crippen LogP contribution in [0.2, 0.25) is 0 Å². The largest absolute Gasteiger partial charge is 0.493 e. The van der Waals surface area contributed by atoms with Crippen LogP contribution in [0.1, 0.15) is 23.7 Å². The molecular formula is C25H22FN5O3S. The number of ether oxygens (including phenoxy) is 1. The molecule has 0 bridgehead atoms. The molecule has 0 saturated heterocycles. The molecule has 8 nitrogen and oxygen atoms in total. The van der Waals surface area contributed by atoms with Crippen molar-refractivity contribution in [3.63, 3.8) is 0 Å². The van der Waals surface area contributed by atoms with Crippen molar-refractivity contribution >= 4 is 23.5 Å². The van der Waals surface area contributed by atoms with Crippen molar-refractivity contribution in [3.8, 4) is 29.0 Å². The van der Waals surface area contributed by atoms with E-state index in [9.17, 15) is 14.4 Å². The predicted octanol–water partition coefficient (Wildman–Crippen LogP) is 5.28. The molecule has 0 unspecified atom stereocenters. The van der Waals surface area contributed by atoms with Gasteiger partial charge in [-0.2, -0.15) is 5.26 Å². The molecule has 0 radical (unpaired) electrons. The fourth-order valence-electron chi connectivity index (χ4n) is 3.57. The Labute approximate surface area is 205 Å². The van der Waals surface area contributed by atoms with Crippen LogP contribution in [-0.2, 0) is 4.79 Å². The van der Waals surface area contributed by atoms with Gasteiger partial charge in [0.2, 0.25) is 5.91 Å².